The van der Waals surface area contributed by atoms with E-state index in [4.69, 9.17) is 11.6 Å². The summed E-state index contributed by atoms with van der Waals surface area (Å²) in [6.07, 6.45) is 1.78. The zero-order valence-corrected chi connectivity index (χ0v) is 12.3. The normalized spacial score (nSPS) is 18.5. The first-order chi connectivity index (χ1) is 10.5. The second-order valence-corrected chi connectivity index (χ2v) is 5.44. The third kappa shape index (κ3) is 2.33. The molecule has 0 amide bonds. The molecule has 8 heteroatoms. The largest absolute Gasteiger partial charge is 0.507 e. The molecule has 1 aliphatic rings. The molecule has 1 heterocycles. The highest BCUT2D eigenvalue weighted by atomic mass is 35.5. The molecular weight excluding hydrogens is 311 g/mol. The summed E-state index contributed by atoms with van der Waals surface area (Å²) in [6, 6.07) is 2.53. The van der Waals surface area contributed by atoms with Crippen LogP contribution in [0.25, 0.3) is 0 Å². The zero-order valence-electron chi connectivity index (χ0n) is 11.5. The molecular formula is C14H12ClFN4O2. The van der Waals surface area contributed by atoms with Crippen molar-refractivity contribution in [2.45, 2.75) is 19.3 Å². The number of aromatic nitrogens is 2. The van der Waals surface area contributed by atoms with E-state index in [-0.39, 0.29) is 28.2 Å². The van der Waals surface area contributed by atoms with Crippen molar-refractivity contribution in [3.05, 3.63) is 50.7 Å². The first-order valence-corrected chi connectivity index (χ1v) is 6.94. The van der Waals surface area contributed by atoms with Gasteiger partial charge in [-0.2, -0.15) is 10.2 Å². The van der Waals surface area contributed by atoms with Gasteiger partial charge in [0.25, 0.3) is 5.56 Å². The third-order valence-corrected chi connectivity index (χ3v) is 3.93. The second kappa shape index (κ2) is 5.42. The van der Waals surface area contributed by atoms with Gasteiger partial charge >= 0.3 is 0 Å². The highest BCUT2D eigenvalue weighted by Crippen LogP contribution is 2.39. The SMILES string of the molecule is C[C@H]1C/C(=N\Nc2cn[nH]c(=O)c2Cl)c2c(O)ccc(F)c21. The summed E-state index contributed by atoms with van der Waals surface area (Å²) in [7, 11) is 0. The van der Waals surface area contributed by atoms with Crippen LogP contribution in [0, 0.1) is 5.82 Å². The molecule has 3 N–H and O–H groups in total. The number of rotatable bonds is 2. The Labute approximate surface area is 129 Å². The van der Waals surface area contributed by atoms with Gasteiger partial charge in [0.2, 0.25) is 0 Å². The fraction of sp³-hybridized carbons (Fsp3) is 0.214. The van der Waals surface area contributed by atoms with Crippen LogP contribution < -0.4 is 11.0 Å². The third-order valence-electron chi connectivity index (χ3n) is 3.56. The van der Waals surface area contributed by atoms with Crippen molar-refractivity contribution < 1.29 is 9.50 Å². The van der Waals surface area contributed by atoms with Crippen molar-refractivity contribution in [1.29, 1.82) is 0 Å². The quantitative estimate of drug-likeness (QED) is 0.741. The van der Waals surface area contributed by atoms with Crippen molar-refractivity contribution in [3.8, 4) is 5.75 Å². The number of anilines is 1. The van der Waals surface area contributed by atoms with Gasteiger partial charge in [-0.05, 0) is 24.5 Å². The zero-order chi connectivity index (χ0) is 15.9. The summed E-state index contributed by atoms with van der Waals surface area (Å²) in [4.78, 5) is 11.4. The topological polar surface area (TPSA) is 90.4 Å². The van der Waals surface area contributed by atoms with Crippen LogP contribution in [-0.4, -0.2) is 21.0 Å². The van der Waals surface area contributed by atoms with Crippen LogP contribution in [0.2, 0.25) is 5.02 Å². The van der Waals surface area contributed by atoms with Crippen LogP contribution in [0.15, 0.2) is 28.2 Å². The molecule has 1 atom stereocenters. The predicted molar refractivity (Wildman–Crippen MR) is 81.1 cm³/mol. The van der Waals surface area contributed by atoms with Crippen LogP contribution in [-0.2, 0) is 0 Å². The van der Waals surface area contributed by atoms with Crippen LogP contribution in [0.3, 0.4) is 0 Å². The van der Waals surface area contributed by atoms with Gasteiger partial charge in [0, 0.05) is 11.1 Å². The first-order valence-electron chi connectivity index (χ1n) is 6.56. The fourth-order valence-corrected chi connectivity index (χ4v) is 2.69. The molecule has 1 aliphatic carbocycles. The summed E-state index contributed by atoms with van der Waals surface area (Å²) in [6.45, 7) is 1.85. The molecule has 0 spiro atoms. The molecule has 0 radical (unpaired) electrons. The van der Waals surface area contributed by atoms with Gasteiger partial charge in [-0.25, -0.2) is 9.49 Å². The van der Waals surface area contributed by atoms with E-state index in [1.807, 2.05) is 6.92 Å². The number of nitrogens with zero attached hydrogens (tertiary/aromatic N) is 2. The molecule has 0 saturated carbocycles. The van der Waals surface area contributed by atoms with E-state index in [1.165, 1.54) is 18.3 Å². The number of phenols is 1. The Kier molecular flexibility index (Phi) is 3.58. The molecule has 6 nitrogen and oxygen atoms in total. The van der Waals surface area contributed by atoms with Gasteiger partial charge in [-0.1, -0.05) is 18.5 Å². The molecule has 1 aromatic carbocycles. The lowest BCUT2D eigenvalue weighted by Gasteiger charge is -2.07. The van der Waals surface area contributed by atoms with E-state index < -0.39 is 5.56 Å². The smallest absolute Gasteiger partial charge is 0.285 e. The number of H-pyrrole nitrogens is 1. The summed E-state index contributed by atoms with van der Waals surface area (Å²) < 4.78 is 13.9. The molecule has 0 unspecified atom stereocenters. The number of aromatic hydroxyl groups is 1. The molecule has 1 aromatic heterocycles. The van der Waals surface area contributed by atoms with E-state index in [1.54, 1.807) is 0 Å². The summed E-state index contributed by atoms with van der Waals surface area (Å²) >= 11 is 5.84. The van der Waals surface area contributed by atoms with Gasteiger partial charge in [0.1, 0.15) is 22.3 Å². The van der Waals surface area contributed by atoms with Crippen LogP contribution in [0.4, 0.5) is 10.1 Å². The molecule has 0 bridgehead atoms. The maximum atomic E-state index is 13.9. The Morgan fingerprint density at radius 3 is 3.09 bits per heavy atom. The lowest BCUT2D eigenvalue weighted by atomic mass is 10.0. The standard InChI is InChI=1S/C14H12ClFN4O2/c1-6-4-8(12-10(21)3-2-7(16)11(6)12)18-19-9-5-17-20-14(22)13(9)15/h2-3,5-6,21H,4H2,1H3,(H2,19,20,22)/b18-8+/t6-/m0/s1. The Bertz CT molecular complexity index is 834. The molecule has 2 aromatic rings. The first kappa shape index (κ1) is 14.5. The minimum Gasteiger partial charge on any atom is -0.507 e. The van der Waals surface area contributed by atoms with Crippen molar-refractivity contribution in [2.75, 3.05) is 5.43 Å². The maximum absolute atomic E-state index is 13.9. The Hall–Kier alpha value is -2.41. The number of fused-ring (bicyclic) bond motifs is 1. The van der Waals surface area contributed by atoms with Gasteiger partial charge < -0.3 is 5.11 Å². The number of hydrogen-bond acceptors (Lipinski definition) is 5. The van der Waals surface area contributed by atoms with E-state index in [0.717, 1.165) is 0 Å². The molecule has 114 valence electrons. The summed E-state index contributed by atoms with van der Waals surface area (Å²) in [5, 5.41) is 19.9. The minimum atomic E-state index is -0.541. The molecule has 22 heavy (non-hydrogen) atoms. The number of hydrogen-bond donors (Lipinski definition) is 3. The Morgan fingerprint density at radius 2 is 2.32 bits per heavy atom. The fourth-order valence-electron chi connectivity index (χ4n) is 2.55. The highest BCUT2D eigenvalue weighted by molar-refractivity contribution is 6.32. The second-order valence-electron chi connectivity index (χ2n) is 5.06. The number of benzene rings is 1. The monoisotopic (exact) mass is 322 g/mol. The van der Waals surface area contributed by atoms with E-state index >= 15 is 0 Å². The van der Waals surface area contributed by atoms with E-state index in [0.29, 0.717) is 23.3 Å². The molecule has 0 fully saturated rings. The van der Waals surface area contributed by atoms with Gasteiger partial charge in [-0.3, -0.25) is 10.2 Å². The van der Waals surface area contributed by atoms with Crippen molar-refractivity contribution in [3.63, 3.8) is 0 Å². The van der Waals surface area contributed by atoms with Crippen molar-refractivity contribution in [1.82, 2.24) is 10.2 Å². The van der Waals surface area contributed by atoms with Crippen molar-refractivity contribution >= 4 is 23.0 Å². The van der Waals surface area contributed by atoms with E-state index in [2.05, 4.69) is 20.7 Å². The number of aromatic amines is 1. The lowest BCUT2D eigenvalue weighted by molar-refractivity contribution is 0.470. The molecule has 0 aliphatic heterocycles. The van der Waals surface area contributed by atoms with Crippen LogP contribution in [0.5, 0.6) is 5.75 Å². The Balaban J connectivity index is 2.00. The molecule has 3 rings (SSSR count). The number of halogens is 2. The number of phenolic OH excluding ortho intramolecular Hbond substituents is 1. The van der Waals surface area contributed by atoms with Crippen LogP contribution in [0.1, 0.15) is 30.4 Å². The van der Waals surface area contributed by atoms with Gasteiger partial charge in [0.15, 0.2) is 0 Å². The summed E-state index contributed by atoms with van der Waals surface area (Å²) in [5.74, 6) is -0.506. The average Bonchev–Trinajstić information content (AvgIpc) is 2.83. The lowest BCUT2D eigenvalue weighted by Crippen LogP contribution is -2.11. The minimum absolute atomic E-state index is 0.0311. The van der Waals surface area contributed by atoms with Gasteiger partial charge in [-0.15, -0.1) is 0 Å². The maximum Gasteiger partial charge on any atom is 0.285 e. The van der Waals surface area contributed by atoms with Crippen LogP contribution >= 0.6 is 11.6 Å². The highest BCUT2D eigenvalue weighted by Gasteiger charge is 2.30. The predicted octanol–water partition coefficient (Wildman–Crippen LogP) is 2.59. The average molecular weight is 323 g/mol. The Morgan fingerprint density at radius 1 is 1.55 bits per heavy atom. The number of nitrogens with one attached hydrogen (secondary N) is 2. The number of hydrazone groups is 1. The summed E-state index contributed by atoms with van der Waals surface area (Å²) in [5.41, 5.74) is 3.65. The van der Waals surface area contributed by atoms with Crippen molar-refractivity contribution in [2.24, 2.45) is 5.10 Å². The van der Waals surface area contributed by atoms with Gasteiger partial charge in [0.05, 0.1) is 11.9 Å². The molecule has 0 saturated heterocycles. The van der Waals surface area contributed by atoms with E-state index in [9.17, 15) is 14.3 Å².